The molecule has 0 bridgehead atoms. The zero-order valence-corrected chi connectivity index (χ0v) is 16.0. The number of aliphatic hydroxyl groups excluding tert-OH is 1. The minimum atomic E-state index is -0.776. The van der Waals surface area contributed by atoms with E-state index in [4.69, 9.17) is 4.74 Å². The molecule has 4 aromatic rings. The van der Waals surface area contributed by atoms with E-state index in [1.54, 1.807) is 0 Å². The van der Waals surface area contributed by atoms with Gasteiger partial charge in [-0.05, 0) is 41.8 Å². The highest BCUT2D eigenvalue weighted by molar-refractivity contribution is 5.76. The van der Waals surface area contributed by atoms with Crippen LogP contribution in [-0.4, -0.2) is 14.7 Å². The molecule has 28 heavy (non-hydrogen) atoms. The van der Waals surface area contributed by atoms with Crippen molar-refractivity contribution in [3.05, 3.63) is 95.8 Å². The molecule has 1 N–H and O–H groups in total. The highest BCUT2D eigenvalue weighted by Gasteiger charge is 2.19. The Kier molecular flexibility index (Phi) is 5.40. The first-order chi connectivity index (χ1) is 13.8. The summed E-state index contributed by atoms with van der Waals surface area (Å²) >= 11 is 0. The topological polar surface area (TPSA) is 47.3 Å². The van der Waals surface area contributed by atoms with E-state index in [1.165, 1.54) is 0 Å². The maximum atomic E-state index is 11.0. The second kappa shape index (κ2) is 8.28. The molecule has 0 radical (unpaired) electrons. The number of rotatable bonds is 7. The Morgan fingerprint density at radius 1 is 0.929 bits per heavy atom. The van der Waals surface area contributed by atoms with Crippen molar-refractivity contribution >= 4 is 11.0 Å². The maximum Gasteiger partial charge on any atom is 0.143 e. The molecule has 1 heterocycles. The molecule has 4 nitrogen and oxygen atoms in total. The molecule has 4 rings (SSSR count). The summed E-state index contributed by atoms with van der Waals surface area (Å²) in [7, 11) is 0. The zero-order valence-electron chi connectivity index (χ0n) is 16.0. The molecule has 0 saturated carbocycles. The molecule has 0 saturated heterocycles. The van der Waals surface area contributed by atoms with Crippen LogP contribution in [0.15, 0.2) is 78.9 Å². The smallest absolute Gasteiger partial charge is 0.143 e. The van der Waals surface area contributed by atoms with E-state index in [2.05, 4.69) is 22.5 Å². The number of hydrogen-bond donors (Lipinski definition) is 1. The average Bonchev–Trinajstić information content (AvgIpc) is 3.12. The summed E-state index contributed by atoms with van der Waals surface area (Å²) in [5.74, 6) is 1.46. The maximum absolute atomic E-state index is 11.0. The van der Waals surface area contributed by atoms with Crippen LogP contribution >= 0.6 is 0 Å². The van der Waals surface area contributed by atoms with E-state index in [0.717, 1.165) is 40.9 Å². The van der Waals surface area contributed by atoms with Crippen LogP contribution in [0, 0.1) is 0 Å². The average molecular weight is 372 g/mol. The highest BCUT2D eigenvalue weighted by atomic mass is 16.5. The molecule has 1 aromatic heterocycles. The molecule has 4 heteroatoms. The Morgan fingerprint density at radius 3 is 2.39 bits per heavy atom. The van der Waals surface area contributed by atoms with Gasteiger partial charge in [0.05, 0.1) is 11.0 Å². The fourth-order valence-electron chi connectivity index (χ4n) is 3.40. The van der Waals surface area contributed by atoms with Crippen LogP contribution in [0.25, 0.3) is 11.0 Å². The number of hydrogen-bond acceptors (Lipinski definition) is 3. The van der Waals surface area contributed by atoms with Gasteiger partial charge >= 0.3 is 0 Å². The van der Waals surface area contributed by atoms with Crippen molar-refractivity contribution < 1.29 is 9.84 Å². The van der Waals surface area contributed by atoms with E-state index >= 15 is 0 Å². The van der Waals surface area contributed by atoms with Gasteiger partial charge in [-0.1, -0.05) is 61.5 Å². The Labute approximate surface area is 165 Å². The summed E-state index contributed by atoms with van der Waals surface area (Å²) in [4.78, 5) is 4.69. The first-order valence-corrected chi connectivity index (χ1v) is 9.66. The summed E-state index contributed by atoms with van der Waals surface area (Å²) in [6, 6.07) is 25.7. The molecule has 3 aromatic carbocycles. The number of fused-ring (bicyclic) bond motifs is 1. The third kappa shape index (κ3) is 3.78. The lowest BCUT2D eigenvalue weighted by atomic mass is 10.1. The summed E-state index contributed by atoms with van der Waals surface area (Å²) in [5.41, 5.74) is 3.90. The van der Waals surface area contributed by atoms with Gasteiger partial charge in [0.2, 0.25) is 0 Å². The van der Waals surface area contributed by atoms with Gasteiger partial charge in [-0.2, -0.15) is 0 Å². The van der Waals surface area contributed by atoms with E-state index in [-0.39, 0.29) is 0 Å². The monoisotopic (exact) mass is 372 g/mol. The third-order valence-corrected chi connectivity index (χ3v) is 4.82. The van der Waals surface area contributed by atoms with Crippen LogP contribution < -0.4 is 4.74 Å². The van der Waals surface area contributed by atoms with E-state index in [9.17, 15) is 5.11 Å². The van der Waals surface area contributed by atoms with Gasteiger partial charge in [0.15, 0.2) is 0 Å². The standard InChI is InChI=1S/C24H24N2O2/c1-2-16-26-22-11-7-6-10-21(22)25-24(26)23(27)19-12-14-20(15-13-19)28-17-18-8-4-3-5-9-18/h3-15,23,27H,2,16-17H2,1H3/t23-/m1/s1. The van der Waals surface area contributed by atoms with Gasteiger partial charge in [-0.25, -0.2) is 4.98 Å². The number of aliphatic hydroxyl groups is 1. The van der Waals surface area contributed by atoms with Crippen LogP contribution in [0.5, 0.6) is 5.75 Å². The van der Waals surface area contributed by atoms with Gasteiger partial charge in [-0.15, -0.1) is 0 Å². The lowest BCUT2D eigenvalue weighted by Crippen LogP contribution is -2.10. The normalized spacial score (nSPS) is 12.2. The predicted octanol–water partition coefficient (Wildman–Crippen LogP) is 5.11. The van der Waals surface area contributed by atoms with E-state index in [1.807, 2.05) is 72.8 Å². The molecule has 0 amide bonds. The third-order valence-electron chi connectivity index (χ3n) is 4.82. The lowest BCUT2D eigenvalue weighted by molar-refractivity contribution is 0.205. The van der Waals surface area contributed by atoms with Crippen LogP contribution in [0.4, 0.5) is 0 Å². The minimum absolute atomic E-state index is 0.523. The van der Waals surface area contributed by atoms with Crippen molar-refractivity contribution in [3.8, 4) is 5.75 Å². The summed E-state index contributed by atoms with van der Waals surface area (Å²) in [6.07, 6.45) is 0.203. The molecule has 0 fully saturated rings. The highest BCUT2D eigenvalue weighted by Crippen LogP contribution is 2.27. The summed E-state index contributed by atoms with van der Waals surface area (Å²) < 4.78 is 7.95. The number of ether oxygens (including phenoxy) is 1. The van der Waals surface area contributed by atoms with Gasteiger partial charge in [0.25, 0.3) is 0 Å². The fraction of sp³-hybridized carbons (Fsp3) is 0.208. The number of para-hydroxylation sites is 2. The van der Waals surface area contributed by atoms with Crippen molar-refractivity contribution in [3.63, 3.8) is 0 Å². The zero-order chi connectivity index (χ0) is 19.3. The number of imidazole rings is 1. The molecule has 0 unspecified atom stereocenters. The van der Waals surface area contributed by atoms with Gasteiger partial charge in [0, 0.05) is 6.54 Å². The Balaban J connectivity index is 1.54. The molecule has 0 aliphatic rings. The number of aryl methyl sites for hydroxylation is 1. The van der Waals surface area contributed by atoms with Crippen LogP contribution in [0.2, 0.25) is 0 Å². The molecule has 142 valence electrons. The van der Waals surface area contributed by atoms with Crippen molar-refractivity contribution in [1.29, 1.82) is 0 Å². The van der Waals surface area contributed by atoms with Gasteiger partial charge in [0.1, 0.15) is 24.3 Å². The van der Waals surface area contributed by atoms with Crippen molar-refractivity contribution in [1.82, 2.24) is 9.55 Å². The lowest BCUT2D eigenvalue weighted by Gasteiger charge is -2.14. The SMILES string of the molecule is CCCn1c([C@H](O)c2ccc(OCc3ccccc3)cc2)nc2ccccc21. The van der Waals surface area contributed by atoms with Crippen LogP contribution in [-0.2, 0) is 13.2 Å². The molecule has 0 spiro atoms. The summed E-state index contributed by atoms with van der Waals surface area (Å²) in [6.45, 7) is 3.48. The largest absolute Gasteiger partial charge is 0.489 e. The number of aromatic nitrogens is 2. The molecular formula is C24H24N2O2. The minimum Gasteiger partial charge on any atom is -0.489 e. The van der Waals surface area contributed by atoms with Gasteiger partial charge in [-0.3, -0.25) is 0 Å². The first-order valence-electron chi connectivity index (χ1n) is 9.66. The fourth-order valence-corrected chi connectivity index (χ4v) is 3.40. The van der Waals surface area contributed by atoms with Crippen molar-refractivity contribution in [2.24, 2.45) is 0 Å². The Morgan fingerprint density at radius 2 is 1.64 bits per heavy atom. The second-order valence-corrected chi connectivity index (χ2v) is 6.86. The predicted molar refractivity (Wildman–Crippen MR) is 111 cm³/mol. The second-order valence-electron chi connectivity index (χ2n) is 6.86. The van der Waals surface area contributed by atoms with E-state index < -0.39 is 6.10 Å². The number of benzene rings is 3. The Hall–Kier alpha value is -3.11. The molecular weight excluding hydrogens is 348 g/mol. The van der Waals surface area contributed by atoms with Gasteiger partial charge < -0.3 is 14.4 Å². The van der Waals surface area contributed by atoms with Crippen molar-refractivity contribution in [2.45, 2.75) is 32.6 Å². The van der Waals surface area contributed by atoms with Crippen molar-refractivity contribution in [2.75, 3.05) is 0 Å². The van der Waals surface area contributed by atoms with Crippen LogP contribution in [0.3, 0.4) is 0 Å². The first kappa shape index (κ1) is 18.3. The van der Waals surface area contributed by atoms with Crippen LogP contribution in [0.1, 0.15) is 36.4 Å². The molecule has 1 atom stereocenters. The molecule has 0 aliphatic heterocycles. The quantitative estimate of drug-likeness (QED) is 0.490. The number of nitrogens with zero attached hydrogens (tertiary/aromatic N) is 2. The molecule has 0 aliphatic carbocycles. The van der Waals surface area contributed by atoms with E-state index in [0.29, 0.717) is 12.4 Å². The Bertz CT molecular complexity index is 1040. The summed E-state index contributed by atoms with van der Waals surface area (Å²) in [5, 5.41) is 11.0.